The lowest BCUT2D eigenvalue weighted by Gasteiger charge is -2.29. The summed E-state index contributed by atoms with van der Waals surface area (Å²) in [7, 11) is 0. The van der Waals surface area contributed by atoms with E-state index in [1.807, 2.05) is 49.4 Å². The van der Waals surface area contributed by atoms with E-state index in [1.165, 1.54) is 0 Å². The van der Waals surface area contributed by atoms with Gasteiger partial charge in [0, 0.05) is 24.5 Å². The van der Waals surface area contributed by atoms with Gasteiger partial charge in [0.05, 0.1) is 5.69 Å². The highest BCUT2D eigenvalue weighted by atomic mass is 35.5. The summed E-state index contributed by atoms with van der Waals surface area (Å²) >= 11 is 5.86. The number of carbonyl (C=O) groups excluding carboxylic acids is 2. The number of aryl methyl sites for hydroxylation is 1. The molecule has 1 heterocycles. The Morgan fingerprint density at radius 3 is 2.77 bits per heavy atom. The lowest BCUT2D eigenvalue weighted by molar-refractivity contribution is -0.122. The molecule has 0 aromatic heterocycles. The zero-order valence-electron chi connectivity index (χ0n) is 14.6. The van der Waals surface area contributed by atoms with Gasteiger partial charge in [-0.25, -0.2) is 0 Å². The molecule has 0 saturated carbocycles. The van der Waals surface area contributed by atoms with E-state index in [0.29, 0.717) is 23.9 Å². The molecule has 0 aliphatic carbocycles. The summed E-state index contributed by atoms with van der Waals surface area (Å²) < 4.78 is 5.45. The summed E-state index contributed by atoms with van der Waals surface area (Å²) in [5.41, 5.74) is 2.89. The van der Waals surface area contributed by atoms with Crippen molar-refractivity contribution in [2.45, 2.75) is 19.8 Å². The first kappa shape index (κ1) is 18.3. The minimum absolute atomic E-state index is 0.00818. The molecular formula is C20H21ClN2O3. The normalized spacial score (nSPS) is 13.2. The number of hydrogen-bond donors (Lipinski definition) is 1. The molecule has 0 saturated heterocycles. The molecule has 26 heavy (non-hydrogen) atoms. The second kappa shape index (κ2) is 8.23. The van der Waals surface area contributed by atoms with E-state index in [1.54, 1.807) is 4.90 Å². The van der Waals surface area contributed by atoms with Crippen molar-refractivity contribution in [2.24, 2.45) is 0 Å². The van der Waals surface area contributed by atoms with E-state index in [2.05, 4.69) is 5.32 Å². The van der Waals surface area contributed by atoms with Crippen molar-refractivity contribution >= 4 is 29.1 Å². The highest BCUT2D eigenvalue weighted by Gasteiger charge is 2.25. The van der Waals surface area contributed by atoms with Crippen molar-refractivity contribution in [3.63, 3.8) is 0 Å². The van der Waals surface area contributed by atoms with Gasteiger partial charge in [-0.3, -0.25) is 9.59 Å². The Labute approximate surface area is 157 Å². The second-order valence-electron chi connectivity index (χ2n) is 6.28. The number of benzene rings is 2. The van der Waals surface area contributed by atoms with Gasteiger partial charge in [-0.05, 0) is 48.7 Å². The minimum Gasteiger partial charge on any atom is -0.482 e. The van der Waals surface area contributed by atoms with Gasteiger partial charge in [0.1, 0.15) is 5.75 Å². The standard InChI is InChI=1S/C20H21ClN2O3/c1-14-2-7-18-17(12-14)23(20(25)13-26-18)11-9-19(24)22-10-8-15-3-5-16(21)6-4-15/h2-7,12H,8-11,13H2,1H3,(H,22,24). The Morgan fingerprint density at radius 1 is 1.23 bits per heavy atom. The van der Waals surface area contributed by atoms with Crippen molar-refractivity contribution < 1.29 is 14.3 Å². The SMILES string of the molecule is Cc1ccc2c(c1)N(CCC(=O)NCCc1ccc(Cl)cc1)C(=O)CO2. The van der Waals surface area contributed by atoms with Gasteiger partial charge >= 0.3 is 0 Å². The topological polar surface area (TPSA) is 58.6 Å². The lowest BCUT2D eigenvalue weighted by Crippen LogP contribution is -2.41. The summed E-state index contributed by atoms with van der Waals surface area (Å²) in [5.74, 6) is 0.475. The molecule has 0 unspecified atom stereocenters. The molecule has 1 N–H and O–H groups in total. The van der Waals surface area contributed by atoms with Crippen LogP contribution in [0.5, 0.6) is 5.75 Å². The van der Waals surface area contributed by atoms with E-state index in [4.69, 9.17) is 16.3 Å². The Hall–Kier alpha value is -2.53. The average molecular weight is 373 g/mol. The summed E-state index contributed by atoms with van der Waals surface area (Å²) in [6.45, 7) is 2.86. The molecular weight excluding hydrogens is 352 g/mol. The highest BCUT2D eigenvalue weighted by Crippen LogP contribution is 2.32. The van der Waals surface area contributed by atoms with Gasteiger partial charge in [0.2, 0.25) is 5.91 Å². The first-order valence-electron chi connectivity index (χ1n) is 8.58. The quantitative estimate of drug-likeness (QED) is 0.847. The van der Waals surface area contributed by atoms with Crippen molar-refractivity contribution in [1.29, 1.82) is 0 Å². The number of nitrogens with zero attached hydrogens (tertiary/aromatic N) is 1. The molecule has 5 nitrogen and oxygen atoms in total. The van der Waals surface area contributed by atoms with Crippen molar-refractivity contribution in [3.8, 4) is 5.75 Å². The van der Waals surface area contributed by atoms with Crippen LogP contribution in [0.25, 0.3) is 0 Å². The van der Waals surface area contributed by atoms with E-state index in [-0.39, 0.29) is 24.8 Å². The van der Waals surface area contributed by atoms with E-state index < -0.39 is 0 Å². The van der Waals surface area contributed by atoms with Gasteiger partial charge in [-0.2, -0.15) is 0 Å². The summed E-state index contributed by atoms with van der Waals surface area (Å²) in [6.07, 6.45) is 0.987. The van der Waals surface area contributed by atoms with Crippen LogP contribution in [0, 0.1) is 6.92 Å². The summed E-state index contributed by atoms with van der Waals surface area (Å²) in [6, 6.07) is 13.3. The molecule has 1 aliphatic rings. The van der Waals surface area contributed by atoms with E-state index >= 15 is 0 Å². The first-order chi connectivity index (χ1) is 12.5. The molecule has 2 amide bonds. The number of halogens is 1. The molecule has 0 radical (unpaired) electrons. The number of carbonyl (C=O) groups is 2. The van der Waals surface area contributed by atoms with Crippen LogP contribution in [0.1, 0.15) is 17.5 Å². The number of amides is 2. The number of ether oxygens (including phenoxy) is 1. The number of hydrogen-bond acceptors (Lipinski definition) is 3. The Bertz CT molecular complexity index is 805. The van der Waals surface area contributed by atoms with Crippen LogP contribution in [0.4, 0.5) is 5.69 Å². The van der Waals surface area contributed by atoms with E-state index in [0.717, 1.165) is 23.2 Å². The van der Waals surface area contributed by atoms with Crippen LogP contribution in [-0.2, 0) is 16.0 Å². The average Bonchev–Trinajstić information content (AvgIpc) is 2.62. The van der Waals surface area contributed by atoms with Gasteiger partial charge in [0.15, 0.2) is 6.61 Å². The van der Waals surface area contributed by atoms with Crippen LogP contribution in [-0.4, -0.2) is 31.5 Å². The Balaban J connectivity index is 1.50. The predicted molar refractivity (Wildman–Crippen MR) is 102 cm³/mol. The Morgan fingerprint density at radius 2 is 2.00 bits per heavy atom. The number of fused-ring (bicyclic) bond motifs is 1. The maximum Gasteiger partial charge on any atom is 0.265 e. The largest absolute Gasteiger partial charge is 0.482 e. The third-order valence-corrected chi connectivity index (χ3v) is 4.52. The fourth-order valence-corrected chi connectivity index (χ4v) is 2.98. The van der Waals surface area contributed by atoms with Crippen LogP contribution < -0.4 is 15.0 Å². The fourth-order valence-electron chi connectivity index (χ4n) is 2.86. The van der Waals surface area contributed by atoms with Gasteiger partial charge < -0.3 is 15.0 Å². The van der Waals surface area contributed by atoms with Crippen LogP contribution in [0.15, 0.2) is 42.5 Å². The maximum absolute atomic E-state index is 12.2. The molecule has 136 valence electrons. The van der Waals surface area contributed by atoms with Crippen molar-refractivity contribution in [3.05, 3.63) is 58.6 Å². The molecule has 1 aliphatic heterocycles. The van der Waals surface area contributed by atoms with Gasteiger partial charge in [-0.15, -0.1) is 0 Å². The second-order valence-corrected chi connectivity index (χ2v) is 6.72. The number of rotatable bonds is 6. The fraction of sp³-hybridized carbons (Fsp3) is 0.300. The lowest BCUT2D eigenvalue weighted by atomic mass is 10.1. The van der Waals surface area contributed by atoms with Crippen LogP contribution in [0.3, 0.4) is 0 Å². The molecule has 6 heteroatoms. The van der Waals surface area contributed by atoms with Crippen LogP contribution >= 0.6 is 11.6 Å². The zero-order chi connectivity index (χ0) is 18.5. The van der Waals surface area contributed by atoms with Crippen molar-refractivity contribution in [1.82, 2.24) is 5.32 Å². The summed E-state index contributed by atoms with van der Waals surface area (Å²) in [4.78, 5) is 25.9. The molecule has 0 atom stereocenters. The molecule has 0 bridgehead atoms. The monoisotopic (exact) mass is 372 g/mol. The van der Waals surface area contributed by atoms with E-state index in [9.17, 15) is 9.59 Å². The minimum atomic E-state index is -0.128. The zero-order valence-corrected chi connectivity index (χ0v) is 15.4. The number of anilines is 1. The smallest absolute Gasteiger partial charge is 0.265 e. The molecule has 2 aromatic rings. The van der Waals surface area contributed by atoms with Crippen LogP contribution in [0.2, 0.25) is 5.02 Å². The maximum atomic E-state index is 12.2. The summed E-state index contributed by atoms with van der Waals surface area (Å²) in [5, 5.41) is 3.59. The number of nitrogens with one attached hydrogen (secondary N) is 1. The molecule has 0 spiro atoms. The third-order valence-electron chi connectivity index (χ3n) is 4.27. The molecule has 2 aromatic carbocycles. The molecule has 3 rings (SSSR count). The Kier molecular flexibility index (Phi) is 5.78. The van der Waals surface area contributed by atoms with Gasteiger partial charge in [-0.1, -0.05) is 29.8 Å². The highest BCUT2D eigenvalue weighted by molar-refractivity contribution is 6.30. The third kappa shape index (κ3) is 4.55. The first-order valence-corrected chi connectivity index (χ1v) is 8.96. The predicted octanol–water partition coefficient (Wildman–Crippen LogP) is 3.12. The van der Waals surface area contributed by atoms with Crippen molar-refractivity contribution in [2.75, 3.05) is 24.6 Å². The molecule has 0 fully saturated rings. The van der Waals surface area contributed by atoms with Gasteiger partial charge in [0.25, 0.3) is 5.91 Å².